The number of hydrogen-bond acceptors (Lipinski definition) is 5. The van der Waals surface area contributed by atoms with Crippen molar-refractivity contribution in [2.75, 3.05) is 13.1 Å². The van der Waals surface area contributed by atoms with Gasteiger partial charge in [0, 0.05) is 30.7 Å². The smallest absolute Gasteiger partial charge is 0.431 e. The normalized spacial score (nSPS) is 16.7. The van der Waals surface area contributed by atoms with E-state index < -0.39 is 18.2 Å². The number of pyridine rings is 1. The molecule has 1 saturated heterocycles. The Balaban J connectivity index is 1.54. The Labute approximate surface area is 202 Å². The number of carboxylic acid groups (broad SMARTS) is 1. The molecule has 0 unspecified atom stereocenters. The zero-order chi connectivity index (χ0) is 25.3. The third kappa shape index (κ3) is 5.05. The van der Waals surface area contributed by atoms with Crippen LogP contribution in [0, 0.1) is 19.7 Å². The molecule has 184 valence electrons. The highest BCUT2D eigenvalue weighted by atomic mass is 19.1. The summed E-state index contributed by atoms with van der Waals surface area (Å²) < 4.78 is 19.7. The van der Waals surface area contributed by atoms with Crippen LogP contribution in [0.15, 0.2) is 42.6 Å². The summed E-state index contributed by atoms with van der Waals surface area (Å²) in [6.07, 6.45) is 0.497. The first-order chi connectivity index (χ1) is 16.7. The summed E-state index contributed by atoms with van der Waals surface area (Å²) in [6.45, 7) is 5.96. The average molecular weight is 482 g/mol. The van der Waals surface area contributed by atoms with Crippen molar-refractivity contribution in [3.63, 3.8) is 0 Å². The van der Waals surface area contributed by atoms with Gasteiger partial charge in [0.05, 0.1) is 11.6 Å². The standard InChI is InChI=1S/C26H28FN3O5/c1-15-11-18(27)12-16(2)24(15)22-8-9-28-23-13-20(6-7-21(22)23)35-17(3)25(31)29-10-4-5-19(14-29)30(34)26(32)33/h6-9,11-13,17,19,34H,4-5,10,14H2,1-3H3,(H,32,33)/t17-,19+/m1/s1. The van der Waals surface area contributed by atoms with Crippen molar-refractivity contribution in [1.29, 1.82) is 0 Å². The quantitative estimate of drug-likeness (QED) is 0.401. The maximum Gasteiger partial charge on any atom is 0.431 e. The predicted octanol–water partition coefficient (Wildman–Crippen LogP) is 4.79. The van der Waals surface area contributed by atoms with Gasteiger partial charge in [-0.15, -0.1) is 0 Å². The van der Waals surface area contributed by atoms with E-state index in [1.807, 2.05) is 26.0 Å². The monoisotopic (exact) mass is 481 g/mol. The van der Waals surface area contributed by atoms with E-state index in [2.05, 4.69) is 4.98 Å². The number of likely N-dealkylation sites (tertiary alicyclic amines) is 1. The number of amides is 2. The molecule has 1 aromatic heterocycles. The number of aryl methyl sites for hydroxylation is 2. The van der Waals surface area contributed by atoms with Crippen LogP contribution in [-0.2, 0) is 4.79 Å². The lowest BCUT2D eigenvalue weighted by atomic mass is 9.93. The highest BCUT2D eigenvalue weighted by Gasteiger charge is 2.32. The fraction of sp³-hybridized carbons (Fsp3) is 0.346. The van der Waals surface area contributed by atoms with Gasteiger partial charge in [0.15, 0.2) is 6.10 Å². The molecule has 2 atom stereocenters. The first-order valence-electron chi connectivity index (χ1n) is 11.5. The van der Waals surface area contributed by atoms with E-state index in [4.69, 9.17) is 9.84 Å². The molecule has 3 aromatic rings. The maximum absolute atomic E-state index is 13.8. The summed E-state index contributed by atoms with van der Waals surface area (Å²) in [5.74, 6) is -0.0857. The molecular weight excluding hydrogens is 453 g/mol. The minimum Gasteiger partial charge on any atom is -0.481 e. The Morgan fingerprint density at radius 1 is 1.20 bits per heavy atom. The number of ether oxygens (including phenoxy) is 1. The van der Waals surface area contributed by atoms with Crippen LogP contribution in [0.1, 0.15) is 30.9 Å². The number of halogens is 1. The van der Waals surface area contributed by atoms with Gasteiger partial charge in [0.2, 0.25) is 0 Å². The number of hydrogen-bond donors (Lipinski definition) is 2. The van der Waals surface area contributed by atoms with Crippen LogP contribution < -0.4 is 4.74 Å². The average Bonchev–Trinajstić information content (AvgIpc) is 2.82. The number of carbonyl (C=O) groups excluding carboxylic acids is 1. The first-order valence-corrected chi connectivity index (χ1v) is 11.5. The maximum atomic E-state index is 13.8. The van der Waals surface area contributed by atoms with Crippen molar-refractivity contribution in [3.05, 3.63) is 59.5 Å². The van der Waals surface area contributed by atoms with E-state index in [0.717, 1.165) is 27.6 Å². The van der Waals surface area contributed by atoms with Gasteiger partial charge in [-0.1, -0.05) is 0 Å². The van der Waals surface area contributed by atoms with Crippen LogP contribution >= 0.6 is 0 Å². The Bertz CT molecular complexity index is 1260. The highest BCUT2D eigenvalue weighted by molar-refractivity contribution is 5.96. The number of hydroxylamine groups is 2. The molecule has 2 aromatic carbocycles. The second-order valence-electron chi connectivity index (χ2n) is 8.92. The summed E-state index contributed by atoms with van der Waals surface area (Å²) in [4.78, 5) is 30.0. The van der Waals surface area contributed by atoms with Crippen molar-refractivity contribution in [3.8, 4) is 16.9 Å². The second kappa shape index (κ2) is 9.87. The molecule has 1 fully saturated rings. The van der Waals surface area contributed by atoms with Crippen LogP contribution in [0.2, 0.25) is 0 Å². The van der Waals surface area contributed by atoms with Crippen molar-refractivity contribution >= 4 is 22.9 Å². The number of aromatic nitrogens is 1. The Hall–Kier alpha value is -3.72. The minimum absolute atomic E-state index is 0.105. The number of fused-ring (bicyclic) bond motifs is 1. The predicted molar refractivity (Wildman–Crippen MR) is 128 cm³/mol. The lowest BCUT2D eigenvalue weighted by Crippen LogP contribution is -2.52. The Kier molecular flexibility index (Phi) is 6.88. The Morgan fingerprint density at radius 3 is 2.60 bits per heavy atom. The molecule has 1 aliphatic heterocycles. The zero-order valence-electron chi connectivity index (χ0n) is 19.9. The molecular formula is C26H28FN3O5. The third-order valence-electron chi connectivity index (χ3n) is 6.39. The fourth-order valence-corrected chi connectivity index (χ4v) is 4.78. The zero-order valence-corrected chi connectivity index (χ0v) is 19.9. The molecule has 35 heavy (non-hydrogen) atoms. The van der Waals surface area contributed by atoms with Gasteiger partial charge in [-0.25, -0.2) is 9.18 Å². The van der Waals surface area contributed by atoms with Gasteiger partial charge in [-0.05, 0) is 86.2 Å². The summed E-state index contributed by atoms with van der Waals surface area (Å²) in [6, 6.07) is 9.66. The van der Waals surface area contributed by atoms with Crippen molar-refractivity contribution < 1.29 is 29.0 Å². The molecule has 2 N–H and O–H groups in total. The van der Waals surface area contributed by atoms with E-state index >= 15 is 0 Å². The molecule has 8 nitrogen and oxygen atoms in total. The minimum atomic E-state index is -1.44. The SMILES string of the molecule is Cc1cc(F)cc(C)c1-c1ccnc2cc(O[C@H](C)C(=O)N3CCC[C@H](N(O)C(=O)O)C3)ccc12. The largest absolute Gasteiger partial charge is 0.481 e. The fourth-order valence-electron chi connectivity index (χ4n) is 4.78. The molecule has 0 saturated carbocycles. The van der Waals surface area contributed by atoms with Crippen molar-refractivity contribution in [2.45, 2.75) is 45.8 Å². The topological polar surface area (TPSA) is 103 Å². The second-order valence-corrected chi connectivity index (χ2v) is 8.92. The lowest BCUT2D eigenvalue weighted by Gasteiger charge is -2.36. The summed E-state index contributed by atoms with van der Waals surface area (Å²) in [5, 5.41) is 19.9. The van der Waals surface area contributed by atoms with E-state index in [-0.39, 0.29) is 23.3 Å². The van der Waals surface area contributed by atoms with Gasteiger partial charge in [0.1, 0.15) is 11.6 Å². The molecule has 1 aliphatic rings. The highest BCUT2D eigenvalue weighted by Crippen LogP contribution is 2.34. The number of piperidine rings is 1. The number of benzene rings is 2. The molecule has 0 spiro atoms. The summed E-state index contributed by atoms with van der Waals surface area (Å²) in [5.41, 5.74) is 4.23. The lowest BCUT2D eigenvalue weighted by molar-refractivity contribution is -0.146. The van der Waals surface area contributed by atoms with Crippen molar-refractivity contribution in [1.82, 2.24) is 14.9 Å². The van der Waals surface area contributed by atoms with Crippen LogP contribution in [0.3, 0.4) is 0 Å². The van der Waals surface area contributed by atoms with Gasteiger partial charge < -0.3 is 14.7 Å². The van der Waals surface area contributed by atoms with Gasteiger partial charge in [-0.2, -0.15) is 5.06 Å². The summed E-state index contributed by atoms with van der Waals surface area (Å²) >= 11 is 0. The molecule has 2 heterocycles. The molecule has 9 heteroatoms. The number of nitrogens with zero attached hydrogens (tertiary/aromatic N) is 3. The molecule has 0 bridgehead atoms. The van der Waals surface area contributed by atoms with Crippen molar-refractivity contribution in [2.24, 2.45) is 0 Å². The van der Waals surface area contributed by atoms with Gasteiger partial charge in [-0.3, -0.25) is 15.0 Å². The van der Waals surface area contributed by atoms with E-state index in [1.165, 1.54) is 17.0 Å². The molecule has 2 amide bonds. The Morgan fingerprint density at radius 2 is 1.91 bits per heavy atom. The van der Waals surface area contributed by atoms with E-state index in [1.54, 1.807) is 25.3 Å². The van der Waals surface area contributed by atoms with Gasteiger partial charge >= 0.3 is 6.09 Å². The van der Waals surface area contributed by atoms with Gasteiger partial charge in [0.25, 0.3) is 5.91 Å². The van der Waals surface area contributed by atoms with Crippen LogP contribution in [-0.4, -0.2) is 62.5 Å². The molecule has 0 radical (unpaired) electrons. The first kappa shape index (κ1) is 24.4. The van der Waals surface area contributed by atoms with Crippen LogP contribution in [0.4, 0.5) is 9.18 Å². The number of carbonyl (C=O) groups is 2. The number of rotatable bonds is 5. The third-order valence-corrected chi connectivity index (χ3v) is 6.39. The van der Waals surface area contributed by atoms with E-state index in [0.29, 0.717) is 30.7 Å². The van der Waals surface area contributed by atoms with Crippen LogP contribution in [0.25, 0.3) is 22.0 Å². The molecule has 0 aliphatic carbocycles. The molecule has 4 rings (SSSR count). The van der Waals surface area contributed by atoms with Crippen LogP contribution in [0.5, 0.6) is 5.75 Å². The summed E-state index contributed by atoms with van der Waals surface area (Å²) in [7, 11) is 0. The van der Waals surface area contributed by atoms with E-state index in [9.17, 15) is 19.2 Å².